The summed E-state index contributed by atoms with van der Waals surface area (Å²) in [4.78, 5) is 13.1. The number of hydrogen-bond acceptors (Lipinski definition) is 3. The second-order valence-electron chi connectivity index (χ2n) is 4.85. The second-order valence-corrected chi connectivity index (χ2v) is 6.19. The summed E-state index contributed by atoms with van der Waals surface area (Å²) in [6.07, 6.45) is 0. The van der Waals surface area contributed by atoms with E-state index < -0.39 is 5.41 Å². The molecule has 0 fully saturated rings. The number of carbonyl (C=O) groups is 1. The molecular formula is C14H22N2OS. The van der Waals surface area contributed by atoms with Gasteiger partial charge in [-0.05, 0) is 37.3 Å². The van der Waals surface area contributed by atoms with E-state index in [1.807, 2.05) is 37.7 Å². The van der Waals surface area contributed by atoms with Gasteiger partial charge in [0.05, 0.1) is 5.41 Å². The van der Waals surface area contributed by atoms with Crippen molar-refractivity contribution in [1.29, 1.82) is 0 Å². The topological polar surface area (TPSA) is 55.1 Å². The Morgan fingerprint density at radius 2 is 1.94 bits per heavy atom. The van der Waals surface area contributed by atoms with Crippen molar-refractivity contribution >= 4 is 17.7 Å². The van der Waals surface area contributed by atoms with Crippen LogP contribution in [-0.2, 0) is 11.3 Å². The molecule has 0 spiro atoms. The highest BCUT2D eigenvalue weighted by atomic mass is 32.2. The van der Waals surface area contributed by atoms with Crippen molar-refractivity contribution in [3.8, 4) is 0 Å². The summed E-state index contributed by atoms with van der Waals surface area (Å²) in [6.45, 7) is 6.74. The standard InChI is InChI=1S/C14H22N2OS/c1-4-18-12-7-5-11(6-8-12)9-16-13(17)14(2,3)10-15/h5-8H,4,9-10,15H2,1-3H3,(H,16,17). The maximum atomic E-state index is 11.8. The highest BCUT2D eigenvalue weighted by Crippen LogP contribution is 2.18. The molecule has 3 nitrogen and oxygen atoms in total. The Hall–Kier alpha value is -1.00. The summed E-state index contributed by atoms with van der Waals surface area (Å²) in [6, 6.07) is 8.27. The molecule has 0 aromatic heterocycles. The molecule has 1 aromatic rings. The third kappa shape index (κ3) is 4.35. The minimum absolute atomic E-state index is 0.00277. The van der Waals surface area contributed by atoms with Crippen molar-refractivity contribution in [3.05, 3.63) is 29.8 Å². The number of rotatable bonds is 6. The number of hydrogen-bond donors (Lipinski definition) is 2. The Balaban J connectivity index is 2.51. The van der Waals surface area contributed by atoms with Gasteiger partial charge in [-0.2, -0.15) is 0 Å². The van der Waals surface area contributed by atoms with Crippen molar-refractivity contribution in [2.45, 2.75) is 32.2 Å². The molecule has 0 atom stereocenters. The molecule has 1 aromatic carbocycles. The van der Waals surface area contributed by atoms with Crippen LogP contribution in [0.15, 0.2) is 29.2 Å². The fourth-order valence-electron chi connectivity index (χ4n) is 1.38. The predicted molar refractivity (Wildman–Crippen MR) is 77.5 cm³/mol. The van der Waals surface area contributed by atoms with Gasteiger partial charge in [0, 0.05) is 18.0 Å². The highest BCUT2D eigenvalue weighted by molar-refractivity contribution is 7.99. The molecule has 18 heavy (non-hydrogen) atoms. The fourth-order valence-corrected chi connectivity index (χ4v) is 2.05. The van der Waals surface area contributed by atoms with Crippen LogP contribution in [0.4, 0.5) is 0 Å². The SMILES string of the molecule is CCSc1ccc(CNC(=O)C(C)(C)CN)cc1. The molecular weight excluding hydrogens is 244 g/mol. The third-order valence-electron chi connectivity index (χ3n) is 2.81. The molecule has 0 saturated heterocycles. The molecule has 4 heteroatoms. The molecule has 1 amide bonds. The number of nitrogens with one attached hydrogen (secondary N) is 1. The Bertz CT molecular complexity index is 387. The molecule has 0 bridgehead atoms. The van der Waals surface area contributed by atoms with E-state index >= 15 is 0 Å². The van der Waals surface area contributed by atoms with E-state index in [-0.39, 0.29) is 5.91 Å². The second kappa shape index (κ2) is 6.81. The Morgan fingerprint density at radius 3 is 2.44 bits per heavy atom. The molecule has 0 radical (unpaired) electrons. The largest absolute Gasteiger partial charge is 0.352 e. The number of nitrogens with two attached hydrogens (primary N) is 1. The molecule has 0 aliphatic carbocycles. The Morgan fingerprint density at radius 1 is 1.33 bits per heavy atom. The van der Waals surface area contributed by atoms with Crippen molar-refractivity contribution in [3.63, 3.8) is 0 Å². The smallest absolute Gasteiger partial charge is 0.227 e. The zero-order valence-electron chi connectivity index (χ0n) is 11.3. The average molecular weight is 266 g/mol. The zero-order chi connectivity index (χ0) is 13.6. The fraction of sp³-hybridized carbons (Fsp3) is 0.500. The van der Waals surface area contributed by atoms with Gasteiger partial charge >= 0.3 is 0 Å². The first-order valence-corrected chi connectivity index (χ1v) is 7.18. The Labute approximate surface area is 114 Å². The van der Waals surface area contributed by atoms with Crippen LogP contribution in [0.25, 0.3) is 0 Å². The molecule has 0 aliphatic heterocycles. The third-order valence-corrected chi connectivity index (χ3v) is 3.71. The molecule has 0 heterocycles. The van der Waals surface area contributed by atoms with Crippen LogP contribution in [0.3, 0.4) is 0 Å². The lowest BCUT2D eigenvalue weighted by Gasteiger charge is -2.21. The lowest BCUT2D eigenvalue weighted by Crippen LogP contribution is -2.41. The van der Waals surface area contributed by atoms with Gasteiger partial charge in [-0.3, -0.25) is 4.79 Å². The van der Waals surface area contributed by atoms with Crippen molar-refractivity contribution in [1.82, 2.24) is 5.32 Å². The van der Waals surface area contributed by atoms with Gasteiger partial charge in [0.25, 0.3) is 0 Å². The van der Waals surface area contributed by atoms with Gasteiger partial charge in [0.2, 0.25) is 5.91 Å². The minimum atomic E-state index is -0.502. The lowest BCUT2D eigenvalue weighted by atomic mass is 9.92. The normalized spacial score (nSPS) is 11.3. The van der Waals surface area contributed by atoms with Gasteiger partial charge in [0.1, 0.15) is 0 Å². The number of carbonyl (C=O) groups excluding carboxylic acids is 1. The first-order chi connectivity index (χ1) is 8.49. The maximum Gasteiger partial charge on any atom is 0.227 e. The van der Waals surface area contributed by atoms with Crippen molar-refractivity contribution < 1.29 is 4.79 Å². The molecule has 0 saturated carbocycles. The van der Waals surface area contributed by atoms with E-state index in [2.05, 4.69) is 24.4 Å². The maximum absolute atomic E-state index is 11.8. The first kappa shape index (κ1) is 15.1. The number of benzene rings is 1. The monoisotopic (exact) mass is 266 g/mol. The molecule has 0 unspecified atom stereocenters. The van der Waals surface area contributed by atoms with E-state index in [9.17, 15) is 4.79 Å². The summed E-state index contributed by atoms with van der Waals surface area (Å²) in [5.74, 6) is 1.07. The van der Waals surface area contributed by atoms with Crippen LogP contribution in [0.1, 0.15) is 26.3 Å². The van der Waals surface area contributed by atoms with Crippen LogP contribution in [0.2, 0.25) is 0 Å². The van der Waals surface area contributed by atoms with Gasteiger partial charge in [0.15, 0.2) is 0 Å². The Kier molecular flexibility index (Phi) is 5.69. The quantitative estimate of drug-likeness (QED) is 0.777. The minimum Gasteiger partial charge on any atom is -0.352 e. The summed E-state index contributed by atoms with van der Waals surface area (Å²) in [7, 11) is 0. The number of amides is 1. The molecule has 0 aliphatic rings. The van der Waals surface area contributed by atoms with Crippen LogP contribution in [0, 0.1) is 5.41 Å². The van der Waals surface area contributed by atoms with Crippen molar-refractivity contribution in [2.24, 2.45) is 11.1 Å². The summed E-state index contributed by atoms with van der Waals surface area (Å²) >= 11 is 1.81. The predicted octanol–water partition coefficient (Wildman–Crippen LogP) is 2.40. The molecule has 3 N–H and O–H groups in total. The average Bonchev–Trinajstić information content (AvgIpc) is 2.38. The van der Waals surface area contributed by atoms with Crippen LogP contribution in [-0.4, -0.2) is 18.2 Å². The van der Waals surface area contributed by atoms with Gasteiger partial charge in [-0.1, -0.05) is 19.1 Å². The van der Waals surface area contributed by atoms with E-state index in [0.717, 1.165) is 11.3 Å². The first-order valence-electron chi connectivity index (χ1n) is 6.19. The molecule has 100 valence electrons. The lowest BCUT2D eigenvalue weighted by molar-refractivity contribution is -0.129. The molecule has 1 rings (SSSR count). The van der Waals surface area contributed by atoms with E-state index in [4.69, 9.17) is 5.73 Å². The van der Waals surface area contributed by atoms with E-state index in [1.54, 1.807) is 0 Å². The van der Waals surface area contributed by atoms with Crippen molar-refractivity contribution in [2.75, 3.05) is 12.3 Å². The number of thioether (sulfide) groups is 1. The van der Waals surface area contributed by atoms with E-state index in [0.29, 0.717) is 13.1 Å². The van der Waals surface area contributed by atoms with E-state index in [1.165, 1.54) is 4.90 Å². The van der Waals surface area contributed by atoms with Crippen LogP contribution >= 0.6 is 11.8 Å². The zero-order valence-corrected chi connectivity index (χ0v) is 12.1. The van der Waals surface area contributed by atoms with Crippen LogP contribution < -0.4 is 11.1 Å². The summed E-state index contributed by atoms with van der Waals surface area (Å²) < 4.78 is 0. The van der Waals surface area contributed by atoms with Crippen LogP contribution in [0.5, 0.6) is 0 Å². The highest BCUT2D eigenvalue weighted by Gasteiger charge is 2.25. The summed E-state index contributed by atoms with van der Waals surface area (Å²) in [5, 5.41) is 2.92. The summed E-state index contributed by atoms with van der Waals surface area (Å²) in [5.41, 5.74) is 6.17. The van der Waals surface area contributed by atoms with Gasteiger partial charge in [-0.25, -0.2) is 0 Å². The van der Waals surface area contributed by atoms with Gasteiger partial charge < -0.3 is 11.1 Å². The van der Waals surface area contributed by atoms with Gasteiger partial charge in [-0.15, -0.1) is 11.8 Å².